The molecule has 0 atom stereocenters. The Labute approximate surface area is 169 Å². The van der Waals surface area contributed by atoms with E-state index >= 15 is 0 Å². The first-order chi connectivity index (χ1) is 13.2. The largest absolute Gasteiger partial charge is 0.296 e. The lowest BCUT2D eigenvalue weighted by molar-refractivity contribution is 0.102. The van der Waals surface area contributed by atoms with Gasteiger partial charge < -0.3 is 0 Å². The van der Waals surface area contributed by atoms with Gasteiger partial charge in [-0.2, -0.15) is 0 Å². The Morgan fingerprint density at radius 3 is 2.63 bits per heavy atom. The summed E-state index contributed by atoms with van der Waals surface area (Å²) >= 11 is 8.84. The molecule has 7 heteroatoms. The van der Waals surface area contributed by atoms with Crippen molar-refractivity contribution in [3.05, 3.63) is 82.9 Å². The monoisotopic (exact) mass is 411 g/mol. The van der Waals surface area contributed by atoms with E-state index in [2.05, 4.69) is 15.5 Å². The Kier molecular flexibility index (Phi) is 5.38. The van der Waals surface area contributed by atoms with E-state index in [-0.39, 0.29) is 5.91 Å². The number of benzene rings is 3. The molecule has 0 unspecified atom stereocenters. The fraction of sp³-hybridized carbons (Fsp3) is 0.0500. The van der Waals surface area contributed by atoms with Crippen LogP contribution in [0.3, 0.4) is 0 Å². The van der Waals surface area contributed by atoms with Gasteiger partial charge in [-0.1, -0.05) is 83.2 Å². The molecule has 1 heterocycles. The number of rotatable bonds is 5. The number of nitrogens with zero attached hydrogens (tertiary/aromatic N) is 2. The minimum atomic E-state index is -0.183. The van der Waals surface area contributed by atoms with Crippen molar-refractivity contribution in [1.29, 1.82) is 0 Å². The van der Waals surface area contributed by atoms with E-state index in [4.69, 9.17) is 11.6 Å². The number of carbonyl (C=O) groups excluding carboxylic acids is 1. The SMILES string of the molecule is O=C(Nc1nnc(SCc2ccc(Cl)cc2)s1)c1cccc2ccccc12. The molecular formula is C20H14ClN3OS2. The molecule has 1 N–H and O–H groups in total. The molecule has 0 bridgehead atoms. The van der Waals surface area contributed by atoms with Gasteiger partial charge in [0.1, 0.15) is 0 Å². The zero-order chi connectivity index (χ0) is 18.6. The van der Waals surface area contributed by atoms with Gasteiger partial charge in [-0.25, -0.2) is 0 Å². The maximum Gasteiger partial charge on any atom is 0.258 e. The lowest BCUT2D eigenvalue weighted by atomic mass is 10.0. The van der Waals surface area contributed by atoms with Crippen LogP contribution >= 0.6 is 34.7 Å². The van der Waals surface area contributed by atoms with Gasteiger partial charge in [0.25, 0.3) is 5.91 Å². The van der Waals surface area contributed by atoms with Crippen LogP contribution in [0, 0.1) is 0 Å². The highest BCUT2D eigenvalue weighted by Gasteiger charge is 2.13. The van der Waals surface area contributed by atoms with Crippen molar-refractivity contribution in [2.24, 2.45) is 0 Å². The number of aromatic nitrogens is 2. The van der Waals surface area contributed by atoms with E-state index in [0.717, 1.165) is 31.5 Å². The third-order valence-electron chi connectivity index (χ3n) is 3.94. The average Bonchev–Trinajstić information content (AvgIpc) is 3.14. The summed E-state index contributed by atoms with van der Waals surface area (Å²) in [6, 6.07) is 21.2. The maximum atomic E-state index is 12.7. The lowest BCUT2D eigenvalue weighted by Gasteiger charge is -2.05. The number of hydrogen-bond acceptors (Lipinski definition) is 5. The van der Waals surface area contributed by atoms with Crippen molar-refractivity contribution < 1.29 is 4.79 Å². The van der Waals surface area contributed by atoms with Crippen LogP contribution in [0.4, 0.5) is 5.13 Å². The molecule has 0 saturated heterocycles. The first-order valence-electron chi connectivity index (χ1n) is 8.19. The van der Waals surface area contributed by atoms with Gasteiger partial charge in [0, 0.05) is 16.3 Å². The molecular weight excluding hydrogens is 398 g/mol. The molecule has 4 aromatic rings. The standard InChI is InChI=1S/C20H14ClN3OS2/c21-15-10-8-13(9-11-15)12-26-20-24-23-19(27-20)22-18(25)17-7-3-5-14-4-1-2-6-16(14)17/h1-11H,12H2,(H,22,23,25). The molecule has 1 aromatic heterocycles. The van der Waals surface area contributed by atoms with Gasteiger partial charge in [-0.15, -0.1) is 10.2 Å². The minimum Gasteiger partial charge on any atom is -0.296 e. The molecule has 0 fully saturated rings. The van der Waals surface area contributed by atoms with E-state index in [1.165, 1.54) is 11.3 Å². The third kappa shape index (κ3) is 4.30. The zero-order valence-electron chi connectivity index (χ0n) is 14.1. The summed E-state index contributed by atoms with van der Waals surface area (Å²) in [6.45, 7) is 0. The molecule has 0 aliphatic rings. The molecule has 0 radical (unpaired) electrons. The Bertz CT molecular complexity index is 1090. The molecule has 3 aromatic carbocycles. The van der Waals surface area contributed by atoms with Gasteiger partial charge in [0.05, 0.1) is 0 Å². The maximum absolute atomic E-state index is 12.7. The number of fused-ring (bicyclic) bond motifs is 1. The fourth-order valence-corrected chi connectivity index (χ4v) is 4.46. The van der Waals surface area contributed by atoms with Crippen molar-refractivity contribution in [3.63, 3.8) is 0 Å². The first kappa shape index (κ1) is 18.0. The van der Waals surface area contributed by atoms with Crippen LogP contribution in [0.2, 0.25) is 5.02 Å². The number of amides is 1. The summed E-state index contributed by atoms with van der Waals surface area (Å²) in [5.41, 5.74) is 1.78. The molecule has 4 nitrogen and oxygen atoms in total. The smallest absolute Gasteiger partial charge is 0.258 e. The number of anilines is 1. The molecule has 4 rings (SSSR count). The summed E-state index contributed by atoms with van der Waals surface area (Å²) in [5.74, 6) is 0.584. The van der Waals surface area contributed by atoms with Crippen molar-refractivity contribution in [2.75, 3.05) is 5.32 Å². The van der Waals surface area contributed by atoms with Crippen LogP contribution in [-0.2, 0) is 5.75 Å². The summed E-state index contributed by atoms with van der Waals surface area (Å²) in [6.07, 6.45) is 0. The molecule has 0 aliphatic carbocycles. The fourth-order valence-electron chi connectivity index (χ4n) is 2.63. The Morgan fingerprint density at radius 2 is 1.78 bits per heavy atom. The summed E-state index contributed by atoms with van der Waals surface area (Å²) in [5, 5.41) is 14.2. The Morgan fingerprint density at radius 1 is 1.00 bits per heavy atom. The zero-order valence-corrected chi connectivity index (χ0v) is 16.4. The van der Waals surface area contributed by atoms with E-state index in [9.17, 15) is 4.79 Å². The van der Waals surface area contributed by atoms with Crippen LogP contribution in [-0.4, -0.2) is 16.1 Å². The predicted octanol–water partition coefficient (Wildman–Crippen LogP) is 5.89. The Balaban J connectivity index is 1.44. The molecule has 27 heavy (non-hydrogen) atoms. The molecule has 1 amide bonds. The van der Waals surface area contributed by atoms with Crippen LogP contribution in [0.25, 0.3) is 10.8 Å². The van der Waals surface area contributed by atoms with Crippen molar-refractivity contribution in [1.82, 2.24) is 10.2 Å². The summed E-state index contributed by atoms with van der Waals surface area (Å²) in [4.78, 5) is 12.7. The number of halogens is 1. The van der Waals surface area contributed by atoms with Gasteiger partial charge in [-0.05, 0) is 34.5 Å². The van der Waals surface area contributed by atoms with E-state index < -0.39 is 0 Å². The first-order valence-corrected chi connectivity index (χ1v) is 10.4. The number of carbonyl (C=O) groups is 1. The topological polar surface area (TPSA) is 54.9 Å². The van der Waals surface area contributed by atoms with Crippen LogP contribution in [0.5, 0.6) is 0 Å². The molecule has 0 saturated carbocycles. The van der Waals surface area contributed by atoms with Gasteiger partial charge in [0.15, 0.2) is 4.34 Å². The van der Waals surface area contributed by atoms with Gasteiger partial charge in [0.2, 0.25) is 5.13 Å². The number of hydrogen-bond donors (Lipinski definition) is 1. The third-order valence-corrected chi connectivity index (χ3v) is 6.23. The molecule has 0 spiro atoms. The van der Waals surface area contributed by atoms with E-state index in [0.29, 0.717) is 10.7 Å². The highest BCUT2D eigenvalue weighted by Crippen LogP contribution is 2.29. The van der Waals surface area contributed by atoms with E-state index in [1.54, 1.807) is 11.8 Å². The number of thioether (sulfide) groups is 1. The predicted molar refractivity (Wildman–Crippen MR) is 113 cm³/mol. The summed E-state index contributed by atoms with van der Waals surface area (Å²) < 4.78 is 0.804. The second kappa shape index (κ2) is 8.08. The highest BCUT2D eigenvalue weighted by atomic mass is 35.5. The highest BCUT2D eigenvalue weighted by molar-refractivity contribution is 8.00. The Hall–Kier alpha value is -2.41. The van der Waals surface area contributed by atoms with E-state index in [1.807, 2.05) is 66.7 Å². The minimum absolute atomic E-state index is 0.183. The van der Waals surface area contributed by atoms with Crippen molar-refractivity contribution >= 4 is 56.5 Å². The number of nitrogens with one attached hydrogen (secondary N) is 1. The lowest BCUT2D eigenvalue weighted by Crippen LogP contribution is -2.12. The van der Waals surface area contributed by atoms with Crippen LogP contribution in [0.15, 0.2) is 71.1 Å². The van der Waals surface area contributed by atoms with Crippen LogP contribution in [0.1, 0.15) is 15.9 Å². The van der Waals surface area contributed by atoms with Crippen molar-refractivity contribution in [3.8, 4) is 0 Å². The normalized spacial score (nSPS) is 10.9. The molecule has 134 valence electrons. The summed E-state index contributed by atoms with van der Waals surface area (Å²) in [7, 11) is 0. The second-order valence-electron chi connectivity index (χ2n) is 5.77. The quantitative estimate of drug-likeness (QED) is 0.328. The van der Waals surface area contributed by atoms with Gasteiger partial charge >= 0.3 is 0 Å². The average molecular weight is 412 g/mol. The molecule has 0 aliphatic heterocycles. The second-order valence-corrected chi connectivity index (χ2v) is 8.41. The van der Waals surface area contributed by atoms with Crippen molar-refractivity contribution in [2.45, 2.75) is 10.1 Å². The van der Waals surface area contributed by atoms with Crippen LogP contribution < -0.4 is 5.32 Å². The van der Waals surface area contributed by atoms with Gasteiger partial charge in [-0.3, -0.25) is 10.1 Å².